The predicted octanol–water partition coefficient (Wildman–Crippen LogP) is 2.32. The van der Waals surface area contributed by atoms with E-state index in [1.807, 2.05) is 10.9 Å². The molecule has 1 aliphatic rings. The summed E-state index contributed by atoms with van der Waals surface area (Å²) in [6.45, 7) is 5.44. The maximum Gasteiger partial charge on any atom is 0.229 e. The van der Waals surface area contributed by atoms with Crippen LogP contribution in [0.15, 0.2) is 16.9 Å². The van der Waals surface area contributed by atoms with Gasteiger partial charge in [-0.3, -0.25) is 9.58 Å². The largest absolute Gasteiger partial charge is 0.339 e. The standard InChI is InChI=1S/C13H18ClN5O/c1-2-18(5-6-19-8-11(14)7-15-19)9-12-16-13(20-17-12)10-3-4-10/h7-8,10H,2-6,9H2,1H3. The van der Waals surface area contributed by atoms with Crippen molar-refractivity contribution in [2.45, 2.75) is 38.8 Å². The summed E-state index contributed by atoms with van der Waals surface area (Å²) in [5, 5.41) is 8.89. The van der Waals surface area contributed by atoms with Gasteiger partial charge in [0.15, 0.2) is 5.82 Å². The molecule has 0 bridgehead atoms. The van der Waals surface area contributed by atoms with Gasteiger partial charge in [0.1, 0.15) is 0 Å². The summed E-state index contributed by atoms with van der Waals surface area (Å²) in [5.74, 6) is 2.08. The number of likely N-dealkylation sites (N-methyl/N-ethyl adjacent to an activating group) is 1. The fraction of sp³-hybridized carbons (Fsp3) is 0.615. The van der Waals surface area contributed by atoms with Gasteiger partial charge in [0, 0.05) is 18.7 Å². The van der Waals surface area contributed by atoms with E-state index in [0.29, 0.717) is 17.5 Å². The van der Waals surface area contributed by atoms with E-state index in [-0.39, 0.29) is 0 Å². The van der Waals surface area contributed by atoms with Gasteiger partial charge < -0.3 is 4.52 Å². The molecule has 0 N–H and O–H groups in total. The summed E-state index contributed by atoms with van der Waals surface area (Å²) < 4.78 is 7.12. The highest BCUT2D eigenvalue weighted by Gasteiger charge is 2.29. The molecule has 0 aromatic carbocycles. The van der Waals surface area contributed by atoms with E-state index in [0.717, 1.165) is 31.3 Å². The average molecular weight is 296 g/mol. The molecule has 1 aliphatic carbocycles. The van der Waals surface area contributed by atoms with Gasteiger partial charge in [0.05, 0.1) is 24.3 Å². The lowest BCUT2D eigenvalue weighted by molar-refractivity contribution is 0.252. The fourth-order valence-corrected chi connectivity index (χ4v) is 2.24. The van der Waals surface area contributed by atoms with Crippen LogP contribution in [0.3, 0.4) is 0 Å². The quantitative estimate of drug-likeness (QED) is 0.784. The Hall–Kier alpha value is -1.40. The molecule has 6 nitrogen and oxygen atoms in total. The lowest BCUT2D eigenvalue weighted by Gasteiger charge is -2.18. The Balaban J connectivity index is 1.52. The van der Waals surface area contributed by atoms with Crippen LogP contribution < -0.4 is 0 Å². The molecular formula is C13H18ClN5O. The lowest BCUT2D eigenvalue weighted by atomic mass is 10.4. The van der Waals surface area contributed by atoms with Gasteiger partial charge in [-0.05, 0) is 19.4 Å². The highest BCUT2D eigenvalue weighted by atomic mass is 35.5. The highest BCUT2D eigenvalue weighted by Crippen LogP contribution is 2.38. The zero-order chi connectivity index (χ0) is 13.9. The van der Waals surface area contributed by atoms with Gasteiger partial charge in [-0.15, -0.1) is 0 Å². The third-order valence-electron chi connectivity index (χ3n) is 3.47. The highest BCUT2D eigenvalue weighted by molar-refractivity contribution is 6.30. The van der Waals surface area contributed by atoms with Crippen LogP contribution in [0.25, 0.3) is 0 Å². The number of hydrogen-bond acceptors (Lipinski definition) is 5. The zero-order valence-corrected chi connectivity index (χ0v) is 12.3. The maximum atomic E-state index is 5.85. The third kappa shape index (κ3) is 3.37. The van der Waals surface area contributed by atoms with Crippen LogP contribution in [0.1, 0.15) is 37.4 Å². The van der Waals surface area contributed by atoms with Crippen LogP contribution in [-0.2, 0) is 13.1 Å². The van der Waals surface area contributed by atoms with Gasteiger partial charge in [0.2, 0.25) is 5.89 Å². The van der Waals surface area contributed by atoms with Crippen molar-refractivity contribution >= 4 is 11.6 Å². The number of hydrogen-bond donors (Lipinski definition) is 0. The SMILES string of the molecule is CCN(CCn1cc(Cl)cn1)Cc1noc(C2CC2)n1. The Morgan fingerprint density at radius 2 is 2.35 bits per heavy atom. The number of aromatic nitrogens is 4. The van der Waals surface area contributed by atoms with Gasteiger partial charge in [0.25, 0.3) is 0 Å². The second kappa shape index (κ2) is 5.93. The molecule has 108 valence electrons. The van der Waals surface area contributed by atoms with Crippen molar-refractivity contribution in [3.8, 4) is 0 Å². The minimum Gasteiger partial charge on any atom is -0.339 e. The second-order valence-corrected chi connectivity index (χ2v) is 5.55. The van der Waals surface area contributed by atoms with Crippen LogP contribution in [0, 0.1) is 0 Å². The molecule has 0 unspecified atom stereocenters. The Morgan fingerprint density at radius 1 is 1.50 bits per heavy atom. The third-order valence-corrected chi connectivity index (χ3v) is 3.66. The van der Waals surface area contributed by atoms with Crippen LogP contribution in [0.2, 0.25) is 5.02 Å². The molecule has 20 heavy (non-hydrogen) atoms. The normalized spacial score (nSPS) is 15.2. The number of halogens is 1. The molecule has 0 spiro atoms. The molecule has 0 radical (unpaired) electrons. The lowest BCUT2D eigenvalue weighted by Crippen LogP contribution is -2.27. The van der Waals surface area contributed by atoms with Crippen LogP contribution in [-0.4, -0.2) is 37.9 Å². The summed E-state index contributed by atoms with van der Waals surface area (Å²) in [6, 6.07) is 0. The Morgan fingerprint density at radius 3 is 3.00 bits per heavy atom. The molecule has 0 atom stereocenters. The summed E-state index contributed by atoms with van der Waals surface area (Å²) in [6.07, 6.45) is 5.84. The van der Waals surface area contributed by atoms with Crippen molar-refractivity contribution in [2.75, 3.05) is 13.1 Å². The summed E-state index contributed by atoms with van der Waals surface area (Å²) in [4.78, 5) is 6.72. The van der Waals surface area contributed by atoms with Gasteiger partial charge in [-0.2, -0.15) is 10.1 Å². The Labute approximate surface area is 122 Å². The minimum absolute atomic E-state index is 0.512. The average Bonchev–Trinajstić information content (AvgIpc) is 3.06. The van der Waals surface area contributed by atoms with Crippen molar-refractivity contribution in [2.24, 2.45) is 0 Å². The molecule has 2 aromatic rings. The smallest absolute Gasteiger partial charge is 0.229 e. The summed E-state index contributed by atoms with van der Waals surface area (Å²) >= 11 is 5.85. The summed E-state index contributed by atoms with van der Waals surface area (Å²) in [5.41, 5.74) is 0. The molecule has 3 rings (SSSR count). The van der Waals surface area contributed by atoms with Crippen LogP contribution in [0.4, 0.5) is 0 Å². The Bertz CT molecular complexity index is 563. The first-order valence-corrected chi connectivity index (χ1v) is 7.35. The molecule has 1 fully saturated rings. The predicted molar refractivity (Wildman–Crippen MR) is 74.5 cm³/mol. The molecule has 7 heteroatoms. The van der Waals surface area contributed by atoms with Crippen molar-refractivity contribution in [1.82, 2.24) is 24.8 Å². The molecule has 1 saturated carbocycles. The van der Waals surface area contributed by atoms with Gasteiger partial charge in [-0.1, -0.05) is 23.7 Å². The maximum absolute atomic E-state index is 5.85. The minimum atomic E-state index is 0.512. The van der Waals surface area contributed by atoms with E-state index in [1.54, 1.807) is 6.20 Å². The van der Waals surface area contributed by atoms with E-state index >= 15 is 0 Å². The molecule has 2 aromatic heterocycles. The molecule has 0 saturated heterocycles. The molecule has 2 heterocycles. The second-order valence-electron chi connectivity index (χ2n) is 5.11. The zero-order valence-electron chi connectivity index (χ0n) is 11.5. The molecule has 0 amide bonds. The number of rotatable bonds is 7. The van der Waals surface area contributed by atoms with Crippen molar-refractivity contribution in [1.29, 1.82) is 0 Å². The van der Waals surface area contributed by atoms with Crippen molar-refractivity contribution < 1.29 is 4.52 Å². The van der Waals surface area contributed by atoms with Crippen LogP contribution in [0.5, 0.6) is 0 Å². The molecular weight excluding hydrogens is 278 g/mol. The molecule has 0 aliphatic heterocycles. The first-order valence-electron chi connectivity index (χ1n) is 6.97. The fourth-order valence-electron chi connectivity index (χ4n) is 2.08. The van der Waals surface area contributed by atoms with Crippen molar-refractivity contribution in [3.63, 3.8) is 0 Å². The van der Waals surface area contributed by atoms with Crippen molar-refractivity contribution in [3.05, 3.63) is 29.1 Å². The van der Waals surface area contributed by atoms with E-state index in [2.05, 4.69) is 27.1 Å². The topological polar surface area (TPSA) is 60.0 Å². The van der Waals surface area contributed by atoms with Crippen LogP contribution >= 0.6 is 11.6 Å². The monoisotopic (exact) mass is 295 g/mol. The van der Waals surface area contributed by atoms with Gasteiger partial charge in [-0.25, -0.2) is 0 Å². The summed E-state index contributed by atoms with van der Waals surface area (Å²) in [7, 11) is 0. The van der Waals surface area contributed by atoms with E-state index < -0.39 is 0 Å². The first-order chi connectivity index (χ1) is 9.74. The van der Waals surface area contributed by atoms with E-state index in [1.165, 1.54) is 12.8 Å². The number of nitrogens with zero attached hydrogens (tertiary/aromatic N) is 5. The van der Waals surface area contributed by atoms with Gasteiger partial charge >= 0.3 is 0 Å². The van der Waals surface area contributed by atoms with E-state index in [9.17, 15) is 0 Å². The first kappa shape index (κ1) is 13.6. The Kier molecular flexibility index (Phi) is 4.03. The van der Waals surface area contributed by atoms with E-state index in [4.69, 9.17) is 16.1 Å².